The van der Waals surface area contributed by atoms with Gasteiger partial charge in [-0.15, -0.1) is 0 Å². The van der Waals surface area contributed by atoms with E-state index in [1.165, 1.54) is 0 Å². The van der Waals surface area contributed by atoms with Crippen molar-refractivity contribution in [2.45, 2.75) is 19.3 Å². The topological polar surface area (TPSA) is 88.0 Å². The molecular formula is C19H16F3N5. The van der Waals surface area contributed by atoms with Crippen LogP contribution in [-0.2, 0) is 5.92 Å². The molecule has 3 N–H and O–H groups in total. The fourth-order valence-corrected chi connectivity index (χ4v) is 2.52. The van der Waals surface area contributed by atoms with Crippen molar-refractivity contribution in [3.05, 3.63) is 65.7 Å². The zero-order chi connectivity index (χ0) is 19.6. The van der Waals surface area contributed by atoms with Crippen molar-refractivity contribution in [1.29, 1.82) is 5.41 Å². The van der Waals surface area contributed by atoms with Crippen LogP contribution in [0.25, 0.3) is 10.9 Å². The van der Waals surface area contributed by atoms with Gasteiger partial charge in [-0.2, -0.15) is 8.78 Å². The third-order valence-corrected chi connectivity index (χ3v) is 3.77. The number of benzene rings is 2. The normalized spacial score (nSPS) is 12.4. The lowest BCUT2D eigenvalue weighted by atomic mass is 10.1. The van der Waals surface area contributed by atoms with Gasteiger partial charge in [0.05, 0.1) is 5.52 Å². The SMILES string of the molecule is CC(=N)CC(N)=Nc1nc(C(F)(F)c2ccc(F)cc2)nc2ccccc12. The standard InChI is InChI=1S/C19H16F3N5/c1-11(23)10-16(24)26-17-14-4-2-3-5-15(14)25-18(27-17)19(21,22)12-6-8-13(20)9-7-12/h2-9,23H,10H2,1H3,(H2,24,25,26,27). The molecule has 0 atom stereocenters. The summed E-state index contributed by atoms with van der Waals surface area (Å²) < 4.78 is 42.9. The second kappa shape index (κ2) is 7.14. The van der Waals surface area contributed by atoms with Crippen molar-refractivity contribution in [3.63, 3.8) is 0 Å². The van der Waals surface area contributed by atoms with Crippen molar-refractivity contribution in [2.75, 3.05) is 0 Å². The zero-order valence-corrected chi connectivity index (χ0v) is 14.4. The number of rotatable bonds is 5. The zero-order valence-electron chi connectivity index (χ0n) is 14.4. The highest BCUT2D eigenvalue weighted by Gasteiger charge is 2.38. The van der Waals surface area contributed by atoms with E-state index < -0.39 is 23.1 Å². The summed E-state index contributed by atoms with van der Waals surface area (Å²) in [5.74, 6) is -4.84. The van der Waals surface area contributed by atoms with Crippen LogP contribution in [0.15, 0.2) is 53.5 Å². The van der Waals surface area contributed by atoms with Gasteiger partial charge in [0, 0.05) is 23.1 Å². The van der Waals surface area contributed by atoms with E-state index in [4.69, 9.17) is 11.1 Å². The van der Waals surface area contributed by atoms with Crippen molar-refractivity contribution in [1.82, 2.24) is 9.97 Å². The predicted octanol–water partition coefficient (Wildman–Crippen LogP) is 4.33. The number of para-hydroxylation sites is 1. The summed E-state index contributed by atoms with van der Waals surface area (Å²) in [6, 6.07) is 10.5. The number of nitrogens with zero attached hydrogens (tertiary/aromatic N) is 3. The maximum atomic E-state index is 14.9. The highest BCUT2D eigenvalue weighted by Crippen LogP contribution is 2.36. The maximum Gasteiger partial charge on any atom is 0.331 e. The first-order valence-electron chi connectivity index (χ1n) is 8.05. The molecule has 0 bridgehead atoms. The minimum atomic E-state index is -3.55. The van der Waals surface area contributed by atoms with Gasteiger partial charge in [-0.05, 0) is 43.3 Å². The molecular weight excluding hydrogens is 355 g/mol. The number of aliphatic imine (C=N–C) groups is 1. The fourth-order valence-electron chi connectivity index (χ4n) is 2.52. The third-order valence-electron chi connectivity index (χ3n) is 3.77. The summed E-state index contributed by atoms with van der Waals surface area (Å²) in [5.41, 5.74) is 5.94. The van der Waals surface area contributed by atoms with E-state index in [0.717, 1.165) is 24.3 Å². The van der Waals surface area contributed by atoms with Crippen LogP contribution in [0.5, 0.6) is 0 Å². The largest absolute Gasteiger partial charge is 0.387 e. The number of hydrogen-bond donors (Lipinski definition) is 2. The Morgan fingerprint density at radius 1 is 1.11 bits per heavy atom. The third kappa shape index (κ3) is 3.94. The Balaban J connectivity index is 2.16. The van der Waals surface area contributed by atoms with Crippen molar-refractivity contribution in [2.24, 2.45) is 10.7 Å². The van der Waals surface area contributed by atoms with Gasteiger partial charge in [0.1, 0.15) is 11.7 Å². The molecule has 0 fully saturated rings. The first kappa shape index (κ1) is 18.5. The van der Waals surface area contributed by atoms with Crippen LogP contribution in [-0.4, -0.2) is 21.5 Å². The molecule has 3 aromatic rings. The molecule has 0 aliphatic rings. The fraction of sp³-hybridized carbons (Fsp3) is 0.158. The summed E-state index contributed by atoms with van der Waals surface area (Å²) >= 11 is 0. The predicted molar refractivity (Wildman–Crippen MR) is 98.2 cm³/mol. The quantitative estimate of drug-likeness (QED) is 0.517. The van der Waals surface area contributed by atoms with Crippen LogP contribution in [0.2, 0.25) is 0 Å². The minimum absolute atomic E-state index is 0.00358. The molecule has 0 aliphatic carbocycles. The summed E-state index contributed by atoms with van der Waals surface area (Å²) in [6.45, 7) is 1.56. The molecule has 0 amide bonds. The van der Waals surface area contributed by atoms with E-state index in [9.17, 15) is 13.2 Å². The lowest BCUT2D eigenvalue weighted by molar-refractivity contribution is 0.0332. The van der Waals surface area contributed by atoms with Gasteiger partial charge in [-0.25, -0.2) is 19.4 Å². The highest BCUT2D eigenvalue weighted by atomic mass is 19.3. The Kier molecular flexibility index (Phi) is 4.89. The Morgan fingerprint density at radius 2 is 1.78 bits per heavy atom. The molecule has 0 saturated heterocycles. The second-order valence-electron chi connectivity index (χ2n) is 6.03. The lowest BCUT2D eigenvalue weighted by Gasteiger charge is -2.16. The maximum absolute atomic E-state index is 14.9. The van der Waals surface area contributed by atoms with Crippen LogP contribution < -0.4 is 5.73 Å². The van der Waals surface area contributed by atoms with E-state index in [0.29, 0.717) is 5.39 Å². The van der Waals surface area contributed by atoms with Gasteiger partial charge in [0.2, 0.25) is 5.82 Å². The first-order valence-corrected chi connectivity index (χ1v) is 8.05. The van der Waals surface area contributed by atoms with E-state index in [2.05, 4.69) is 15.0 Å². The Bertz CT molecular complexity index is 1030. The molecule has 138 valence electrons. The summed E-state index contributed by atoms with van der Waals surface area (Å²) in [5, 5.41) is 7.94. The molecule has 2 aromatic carbocycles. The number of amidine groups is 1. The summed E-state index contributed by atoms with van der Waals surface area (Å²) in [4.78, 5) is 12.0. The monoisotopic (exact) mass is 371 g/mol. The molecule has 0 spiro atoms. The minimum Gasteiger partial charge on any atom is -0.387 e. The van der Waals surface area contributed by atoms with Gasteiger partial charge < -0.3 is 11.1 Å². The number of alkyl halides is 2. The molecule has 5 nitrogen and oxygen atoms in total. The molecule has 0 unspecified atom stereocenters. The second-order valence-corrected chi connectivity index (χ2v) is 6.03. The molecule has 3 rings (SSSR count). The van der Waals surface area contributed by atoms with Gasteiger partial charge in [-0.1, -0.05) is 12.1 Å². The van der Waals surface area contributed by atoms with Crippen molar-refractivity contribution >= 4 is 28.3 Å². The smallest absolute Gasteiger partial charge is 0.331 e. The van der Waals surface area contributed by atoms with Crippen LogP contribution >= 0.6 is 0 Å². The molecule has 0 saturated carbocycles. The van der Waals surface area contributed by atoms with Crippen LogP contribution in [0.4, 0.5) is 19.0 Å². The average molecular weight is 371 g/mol. The summed E-state index contributed by atoms with van der Waals surface area (Å²) in [7, 11) is 0. The summed E-state index contributed by atoms with van der Waals surface area (Å²) in [6.07, 6.45) is 0.0992. The number of nitrogens with one attached hydrogen (secondary N) is 1. The lowest BCUT2D eigenvalue weighted by Crippen LogP contribution is -2.20. The van der Waals surface area contributed by atoms with Gasteiger partial charge >= 0.3 is 5.92 Å². The number of halogens is 3. The molecule has 0 radical (unpaired) electrons. The van der Waals surface area contributed by atoms with E-state index in [1.54, 1.807) is 31.2 Å². The van der Waals surface area contributed by atoms with Crippen LogP contribution in [0.1, 0.15) is 24.7 Å². The Morgan fingerprint density at radius 3 is 2.44 bits per heavy atom. The van der Waals surface area contributed by atoms with Crippen molar-refractivity contribution < 1.29 is 13.2 Å². The van der Waals surface area contributed by atoms with Crippen LogP contribution in [0, 0.1) is 11.2 Å². The van der Waals surface area contributed by atoms with Crippen LogP contribution in [0.3, 0.4) is 0 Å². The van der Waals surface area contributed by atoms with Crippen molar-refractivity contribution in [3.8, 4) is 0 Å². The number of fused-ring (bicyclic) bond motifs is 1. The molecule has 27 heavy (non-hydrogen) atoms. The average Bonchev–Trinajstić information content (AvgIpc) is 2.61. The van der Waals surface area contributed by atoms with E-state index in [1.807, 2.05) is 0 Å². The number of hydrogen-bond acceptors (Lipinski definition) is 4. The Labute approximate surface area is 153 Å². The van der Waals surface area contributed by atoms with E-state index >= 15 is 0 Å². The first-order chi connectivity index (χ1) is 12.8. The molecule has 1 aromatic heterocycles. The molecule has 0 aliphatic heterocycles. The number of nitrogens with two attached hydrogens (primary N) is 1. The Hall–Kier alpha value is -3.29. The molecule has 8 heteroatoms. The van der Waals surface area contributed by atoms with Gasteiger partial charge in [-0.3, -0.25) is 0 Å². The van der Waals surface area contributed by atoms with E-state index in [-0.39, 0.29) is 29.3 Å². The molecule has 1 heterocycles. The van der Waals surface area contributed by atoms with Gasteiger partial charge in [0.25, 0.3) is 0 Å². The highest BCUT2D eigenvalue weighted by molar-refractivity contribution is 6.02. The number of aromatic nitrogens is 2. The van der Waals surface area contributed by atoms with Gasteiger partial charge in [0.15, 0.2) is 5.82 Å².